The fraction of sp³-hybridized carbons (Fsp3) is 1.00. The van der Waals surface area contributed by atoms with E-state index < -0.39 is 10.1 Å². The number of halogens is 1. The molecule has 0 N–H and O–H groups in total. The van der Waals surface area contributed by atoms with Crippen LogP contribution in [0.4, 0.5) is 4.53 Å². The summed E-state index contributed by atoms with van der Waals surface area (Å²) in [6, 6.07) is 0. The normalized spacial score (nSPS) is 11.0. The van der Waals surface area contributed by atoms with Gasteiger partial charge in [-0.3, -0.25) is 0 Å². The van der Waals surface area contributed by atoms with Crippen molar-refractivity contribution in [2.75, 3.05) is 5.75 Å². The number of hydrogen-bond acceptors (Lipinski definition) is 3. The van der Waals surface area contributed by atoms with Crippen molar-refractivity contribution in [1.29, 1.82) is 0 Å². The predicted octanol–water partition coefficient (Wildman–Crippen LogP) is 2.20. The molecule has 0 spiro atoms. The molecular weight excluding hydrogens is 218 g/mol. The molecule has 0 saturated carbocycles. The van der Waals surface area contributed by atoms with E-state index in [0.29, 0.717) is 6.42 Å². The van der Waals surface area contributed by atoms with E-state index >= 15 is 0 Å². The Labute approximate surface area is 108 Å². The molecule has 0 aliphatic carbocycles. The Hall–Kier alpha value is 0.840. The quantitative estimate of drug-likeness (QED) is 0.478. The van der Waals surface area contributed by atoms with Crippen molar-refractivity contribution < 1.29 is 17.3 Å². The molecule has 0 aromatic carbocycles. The molecule has 0 atom stereocenters. The smallest absolute Gasteiger partial charge is 0.197 e. The van der Waals surface area contributed by atoms with Crippen molar-refractivity contribution >= 4 is 39.7 Å². The molecule has 0 amide bonds. The summed E-state index contributed by atoms with van der Waals surface area (Å²) in [6.45, 7) is 2.11. The molecular formula is C8H17FNaO3S. The minimum absolute atomic E-state index is 0. The van der Waals surface area contributed by atoms with Gasteiger partial charge in [0.25, 0.3) is 10.1 Å². The third-order valence-corrected chi connectivity index (χ3v) is 2.82. The average Bonchev–Trinajstić information content (AvgIpc) is 2.11. The minimum atomic E-state index is -3.88. The first kappa shape index (κ1) is 17.2. The summed E-state index contributed by atoms with van der Waals surface area (Å²) in [5.41, 5.74) is 0. The van der Waals surface area contributed by atoms with Crippen molar-refractivity contribution in [3.8, 4) is 0 Å². The van der Waals surface area contributed by atoms with Crippen LogP contribution in [0.3, 0.4) is 0 Å². The molecule has 0 aromatic rings. The van der Waals surface area contributed by atoms with Crippen LogP contribution in [-0.2, 0) is 14.5 Å². The molecule has 0 heterocycles. The summed E-state index contributed by atoms with van der Waals surface area (Å²) in [7, 11) is -3.88. The van der Waals surface area contributed by atoms with Gasteiger partial charge in [0.15, 0.2) is 0 Å². The first-order valence-electron chi connectivity index (χ1n) is 4.65. The molecule has 1 radical (unpaired) electrons. The molecule has 14 heavy (non-hydrogen) atoms. The van der Waals surface area contributed by atoms with E-state index in [9.17, 15) is 12.9 Å². The minimum Gasteiger partial charge on any atom is -0.197 e. The van der Waals surface area contributed by atoms with Gasteiger partial charge in [-0.2, -0.15) is 8.42 Å². The Morgan fingerprint density at radius 2 is 1.57 bits per heavy atom. The first-order chi connectivity index (χ1) is 6.12. The van der Waals surface area contributed by atoms with Gasteiger partial charge in [0.2, 0.25) is 0 Å². The Balaban J connectivity index is 0. The second-order valence-corrected chi connectivity index (χ2v) is 4.74. The molecule has 3 nitrogen and oxygen atoms in total. The molecule has 0 unspecified atom stereocenters. The summed E-state index contributed by atoms with van der Waals surface area (Å²) in [5.74, 6) is -0.213. The third-order valence-electron chi connectivity index (χ3n) is 1.84. The van der Waals surface area contributed by atoms with Gasteiger partial charge in [0.1, 0.15) is 0 Å². The summed E-state index contributed by atoms with van der Waals surface area (Å²) in [6.07, 6.45) is 5.76. The van der Waals surface area contributed by atoms with Gasteiger partial charge >= 0.3 is 0 Å². The van der Waals surface area contributed by atoms with E-state index in [1.165, 1.54) is 6.42 Å². The first-order valence-corrected chi connectivity index (χ1v) is 6.23. The second kappa shape index (κ2) is 10.4. The van der Waals surface area contributed by atoms with Crippen LogP contribution in [0, 0.1) is 0 Å². The van der Waals surface area contributed by atoms with Gasteiger partial charge in [0.05, 0.1) is 5.75 Å². The van der Waals surface area contributed by atoms with E-state index in [0.717, 1.165) is 25.7 Å². The molecule has 0 saturated heterocycles. The van der Waals surface area contributed by atoms with Crippen molar-refractivity contribution in [2.24, 2.45) is 0 Å². The predicted molar refractivity (Wildman–Crippen MR) is 55.1 cm³/mol. The molecule has 0 aliphatic heterocycles. The average molecular weight is 235 g/mol. The van der Waals surface area contributed by atoms with Crippen LogP contribution in [0.2, 0.25) is 0 Å². The van der Waals surface area contributed by atoms with Crippen LogP contribution in [0.5, 0.6) is 0 Å². The summed E-state index contributed by atoms with van der Waals surface area (Å²) in [4.78, 5) is 0. The Morgan fingerprint density at radius 3 is 2.07 bits per heavy atom. The largest absolute Gasteiger partial charge is 0.297 e. The van der Waals surface area contributed by atoms with Crippen LogP contribution in [0.15, 0.2) is 0 Å². The maximum Gasteiger partial charge on any atom is 0.297 e. The van der Waals surface area contributed by atoms with Crippen molar-refractivity contribution in [3.63, 3.8) is 0 Å². The third kappa shape index (κ3) is 10.9. The summed E-state index contributed by atoms with van der Waals surface area (Å²) < 4.78 is 35.1. The van der Waals surface area contributed by atoms with Crippen molar-refractivity contribution in [1.82, 2.24) is 0 Å². The second-order valence-electron chi connectivity index (χ2n) is 3.09. The van der Waals surface area contributed by atoms with E-state index in [4.69, 9.17) is 0 Å². The van der Waals surface area contributed by atoms with Crippen LogP contribution in [0.1, 0.15) is 45.4 Å². The number of rotatable bonds is 8. The fourth-order valence-electron chi connectivity index (χ4n) is 1.09. The van der Waals surface area contributed by atoms with Gasteiger partial charge < -0.3 is 0 Å². The fourth-order valence-corrected chi connectivity index (χ4v) is 1.71. The monoisotopic (exact) mass is 235 g/mol. The van der Waals surface area contributed by atoms with E-state index in [-0.39, 0.29) is 35.3 Å². The van der Waals surface area contributed by atoms with Gasteiger partial charge in [-0.15, -0.1) is 0 Å². The van der Waals surface area contributed by atoms with E-state index in [1.54, 1.807) is 0 Å². The molecule has 0 rings (SSSR count). The molecule has 6 heteroatoms. The maximum atomic E-state index is 11.3. The van der Waals surface area contributed by atoms with Crippen molar-refractivity contribution in [3.05, 3.63) is 0 Å². The molecule has 0 aromatic heterocycles. The maximum absolute atomic E-state index is 11.3. The van der Waals surface area contributed by atoms with E-state index in [1.807, 2.05) is 0 Å². The Morgan fingerprint density at radius 1 is 1.07 bits per heavy atom. The van der Waals surface area contributed by atoms with Gasteiger partial charge in [-0.1, -0.05) is 43.4 Å². The molecule has 0 fully saturated rings. The zero-order valence-corrected chi connectivity index (χ0v) is 11.8. The Bertz CT molecular complexity index is 207. The molecule has 0 aliphatic rings. The van der Waals surface area contributed by atoms with Crippen molar-refractivity contribution in [2.45, 2.75) is 45.4 Å². The Kier molecular flexibility index (Phi) is 12.8. The van der Waals surface area contributed by atoms with Crippen LogP contribution >= 0.6 is 0 Å². The number of hydrogen-bond donors (Lipinski definition) is 0. The molecule has 0 bridgehead atoms. The number of unbranched alkanes of at least 4 members (excludes halogenated alkanes) is 5. The standard InChI is InChI=1S/C8H17FO3S.Na/c1-2-3-4-5-6-7-8-13(10,11)12-9;/h2-8H2,1H3;. The van der Waals surface area contributed by atoms with Crippen LogP contribution < -0.4 is 0 Å². The SMILES string of the molecule is CCCCCCCCS(=O)(=O)OF.[Na]. The zero-order chi connectivity index (χ0) is 10.2. The summed E-state index contributed by atoms with van der Waals surface area (Å²) >= 11 is 0. The topological polar surface area (TPSA) is 43.4 Å². The van der Waals surface area contributed by atoms with Gasteiger partial charge in [0, 0.05) is 29.6 Å². The van der Waals surface area contributed by atoms with Gasteiger partial charge in [-0.05, 0) is 10.9 Å². The molecule has 81 valence electrons. The zero-order valence-electron chi connectivity index (χ0n) is 8.96. The van der Waals surface area contributed by atoms with Gasteiger partial charge in [-0.25, -0.2) is 0 Å². The summed E-state index contributed by atoms with van der Waals surface area (Å²) in [5, 5.41) is 0. The van der Waals surface area contributed by atoms with Crippen LogP contribution in [-0.4, -0.2) is 43.7 Å². The van der Waals surface area contributed by atoms with E-state index in [2.05, 4.69) is 11.3 Å². The van der Waals surface area contributed by atoms with Crippen LogP contribution in [0.25, 0.3) is 0 Å².